The summed E-state index contributed by atoms with van der Waals surface area (Å²) in [6.07, 6.45) is 0. The third-order valence-electron chi connectivity index (χ3n) is 4.39. The minimum Gasteiger partial charge on any atom is -0.465 e. The van der Waals surface area contributed by atoms with Gasteiger partial charge < -0.3 is 10.1 Å². The van der Waals surface area contributed by atoms with E-state index in [2.05, 4.69) is 10.1 Å². The zero-order valence-corrected chi connectivity index (χ0v) is 17.6. The van der Waals surface area contributed by atoms with Crippen LogP contribution in [0.1, 0.15) is 10.4 Å². The number of carbonyl (C=O) groups is 2. The van der Waals surface area contributed by atoms with Crippen molar-refractivity contribution in [2.75, 3.05) is 23.3 Å². The smallest absolute Gasteiger partial charge is 0.337 e. The van der Waals surface area contributed by atoms with Crippen LogP contribution < -0.4 is 9.62 Å². The number of nitrogens with zero attached hydrogens (tertiary/aromatic N) is 1. The van der Waals surface area contributed by atoms with Crippen molar-refractivity contribution < 1.29 is 31.5 Å². The summed E-state index contributed by atoms with van der Waals surface area (Å²) in [5.74, 6) is -2.44. The van der Waals surface area contributed by atoms with Gasteiger partial charge in [0.25, 0.3) is 10.0 Å². The summed E-state index contributed by atoms with van der Waals surface area (Å²) in [6, 6.07) is 14.5. The minimum atomic E-state index is -4.27. The number of benzene rings is 3. The maximum absolute atomic E-state index is 13.4. The molecule has 0 atom stereocenters. The van der Waals surface area contributed by atoms with E-state index in [0.29, 0.717) is 5.69 Å². The molecule has 32 heavy (non-hydrogen) atoms. The first-order valence-corrected chi connectivity index (χ1v) is 10.7. The molecule has 1 amide bonds. The van der Waals surface area contributed by atoms with E-state index >= 15 is 0 Å². The summed E-state index contributed by atoms with van der Waals surface area (Å²) in [6.45, 7) is -0.635. The molecular formula is C22H18F2N2O5S. The molecule has 3 rings (SSSR count). The van der Waals surface area contributed by atoms with E-state index in [1.807, 2.05) is 0 Å². The lowest BCUT2D eigenvalue weighted by atomic mass is 10.2. The minimum absolute atomic E-state index is 0.0481. The monoisotopic (exact) mass is 460 g/mol. The number of ether oxygens (including phenoxy) is 1. The lowest BCUT2D eigenvalue weighted by molar-refractivity contribution is -0.114. The van der Waals surface area contributed by atoms with Gasteiger partial charge in [-0.05, 0) is 72.8 Å². The number of rotatable bonds is 7. The number of hydrogen-bond donors (Lipinski definition) is 1. The lowest BCUT2D eigenvalue weighted by Gasteiger charge is -2.24. The second-order valence-electron chi connectivity index (χ2n) is 6.56. The summed E-state index contributed by atoms with van der Waals surface area (Å²) in [7, 11) is -3.03. The molecule has 3 aromatic carbocycles. The number of carbonyl (C=O) groups excluding carboxylic acids is 2. The van der Waals surface area contributed by atoms with Gasteiger partial charge in [-0.3, -0.25) is 9.10 Å². The quantitative estimate of drug-likeness (QED) is 0.544. The maximum atomic E-state index is 13.4. The van der Waals surface area contributed by atoms with Crippen LogP contribution in [-0.2, 0) is 19.6 Å². The fraction of sp³-hybridized carbons (Fsp3) is 0.0909. The number of nitrogens with one attached hydrogen (secondary N) is 1. The molecule has 0 saturated carbocycles. The summed E-state index contributed by atoms with van der Waals surface area (Å²) in [4.78, 5) is 23.9. The van der Waals surface area contributed by atoms with E-state index in [-0.39, 0.29) is 16.1 Å². The highest BCUT2D eigenvalue weighted by atomic mass is 32.2. The highest BCUT2D eigenvalue weighted by molar-refractivity contribution is 7.92. The fourth-order valence-electron chi connectivity index (χ4n) is 2.79. The van der Waals surface area contributed by atoms with E-state index in [0.717, 1.165) is 40.7 Å². The highest BCUT2D eigenvalue weighted by Crippen LogP contribution is 2.24. The Hall–Kier alpha value is -3.79. The molecular weight excluding hydrogens is 442 g/mol. The Morgan fingerprint density at radius 3 is 1.94 bits per heavy atom. The molecule has 0 heterocycles. The third-order valence-corrected chi connectivity index (χ3v) is 6.18. The van der Waals surface area contributed by atoms with Crippen LogP contribution in [0, 0.1) is 11.6 Å². The molecule has 0 saturated heterocycles. The Morgan fingerprint density at radius 1 is 0.875 bits per heavy atom. The Balaban J connectivity index is 1.87. The highest BCUT2D eigenvalue weighted by Gasteiger charge is 2.27. The molecule has 166 valence electrons. The van der Waals surface area contributed by atoms with Crippen molar-refractivity contribution in [2.24, 2.45) is 0 Å². The molecule has 0 spiro atoms. The van der Waals surface area contributed by atoms with Gasteiger partial charge in [0.2, 0.25) is 5.91 Å². The van der Waals surface area contributed by atoms with Gasteiger partial charge in [0, 0.05) is 5.69 Å². The standard InChI is InChI=1S/C22H18F2N2O5S/c1-31-22(28)15-2-8-18(9-3-15)25-21(27)14-26(19-10-4-16(23)5-11-19)32(29,30)20-12-6-17(24)7-13-20/h2-13H,14H2,1H3,(H,25,27). The number of hydrogen-bond acceptors (Lipinski definition) is 5. The van der Waals surface area contributed by atoms with Crippen LogP contribution in [0.4, 0.5) is 20.2 Å². The number of halogens is 2. The second kappa shape index (κ2) is 9.56. The van der Waals surface area contributed by atoms with Gasteiger partial charge in [-0.15, -0.1) is 0 Å². The first kappa shape index (κ1) is 22.9. The van der Waals surface area contributed by atoms with Crippen molar-refractivity contribution in [1.29, 1.82) is 0 Å². The van der Waals surface area contributed by atoms with Crippen molar-refractivity contribution in [3.63, 3.8) is 0 Å². The van der Waals surface area contributed by atoms with E-state index < -0.39 is 40.1 Å². The van der Waals surface area contributed by atoms with E-state index in [9.17, 15) is 26.8 Å². The van der Waals surface area contributed by atoms with Crippen molar-refractivity contribution in [3.8, 4) is 0 Å². The van der Waals surface area contributed by atoms with E-state index in [4.69, 9.17) is 0 Å². The van der Waals surface area contributed by atoms with Crippen molar-refractivity contribution in [2.45, 2.75) is 4.90 Å². The number of sulfonamides is 1. The second-order valence-corrected chi connectivity index (χ2v) is 8.42. The van der Waals surface area contributed by atoms with Gasteiger partial charge >= 0.3 is 5.97 Å². The van der Waals surface area contributed by atoms with Crippen LogP contribution in [0.25, 0.3) is 0 Å². The van der Waals surface area contributed by atoms with Gasteiger partial charge in [-0.25, -0.2) is 22.0 Å². The summed E-state index contributed by atoms with van der Waals surface area (Å²) in [5, 5.41) is 2.54. The van der Waals surface area contributed by atoms with Crippen LogP contribution in [0.2, 0.25) is 0 Å². The first-order chi connectivity index (χ1) is 15.2. The lowest BCUT2D eigenvalue weighted by Crippen LogP contribution is -2.38. The van der Waals surface area contributed by atoms with Gasteiger partial charge in [0.1, 0.15) is 18.2 Å². The van der Waals surface area contributed by atoms with Gasteiger partial charge in [-0.1, -0.05) is 0 Å². The molecule has 10 heteroatoms. The predicted molar refractivity (Wildman–Crippen MR) is 114 cm³/mol. The molecule has 0 aromatic heterocycles. The van der Waals surface area contributed by atoms with E-state index in [1.165, 1.54) is 43.5 Å². The molecule has 0 aliphatic heterocycles. The third kappa shape index (κ3) is 5.27. The predicted octanol–water partition coefficient (Wildman–Crippen LogP) is 3.59. The summed E-state index contributed by atoms with van der Waals surface area (Å²) < 4.78 is 58.3. The van der Waals surface area contributed by atoms with Crippen LogP contribution in [0.5, 0.6) is 0 Å². The van der Waals surface area contributed by atoms with Crippen LogP contribution in [0.15, 0.2) is 77.7 Å². The molecule has 0 aliphatic rings. The largest absolute Gasteiger partial charge is 0.465 e. The molecule has 0 bridgehead atoms. The van der Waals surface area contributed by atoms with Gasteiger partial charge in [-0.2, -0.15) is 0 Å². The normalized spacial score (nSPS) is 11.0. The SMILES string of the molecule is COC(=O)c1ccc(NC(=O)CN(c2ccc(F)cc2)S(=O)(=O)c2ccc(F)cc2)cc1. The Labute approximate surface area is 183 Å². The van der Waals surface area contributed by atoms with Crippen LogP contribution >= 0.6 is 0 Å². The summed E-state index contributed by atoms with van der Waals surface area (Å²) >= 11 is 0. The average Bonchev–Trinajstić information content (AvgIpc) is 2.78. The van der Waals surface area contributed by atoms with Crippen molar-refractivity contribution in [3.05, 3.63) is 90.0 Å². The number of amides is 1. The van der Waals surface area contributed by atoms with Crippen LogP contribution in [0.3, 0.4) is 0 Å². The Kier molecular flexibility index (Phi) is 6.84. The average molecular weight is 460 g/mol. The number of methoxy groups -OCH3 is 1. The van der Waals surface area contributed by atoms with Crippen molar-refractivity contribution >= 4 is 33.3 Å². The zero-order valence-electron chi connectivity index (χ0n) is 16.8. The topological polar surface area (TPSA) is 92.8 Å². The first-order valence-electron chi connectivity index (χ1n) is 9.23. The maximum Gasteiger partial charge on any atom is 0.337 e. The summed E-state index contributed by atoms with van der Waals surface area (Å²) in [5.41, 5.74) is 0.644. The van der Waals surface area contributed by atoms with Gasteiger partial charge in [0.05, 0.1) is 23.3 Å². The molecule has 1 N–H and O–H groups in total. The Morgan fingerprint density at radius 2 is 1.41 bits per heavy atom. The van der Waals surface area contributed by atoms with Crippen LogP contribution in [-0.4, -0.2) is 33.9 Å². The molecule has 0 aliphatic carbocycles. The molecule has 0 radical (unpaired) electrons. The molecule has 3 aromatic rings. The van der Waals surface area contributed by atoms with E-state index in [1.54, 1.807) is 0 Å². The van der Waals surface area contributed by atoms with Crippen molar-refractivity contribution in [1.82, 2.24) is 0 Å². The molecule has 7 nitrogen and oxygen atoms in total. The molecule has 0 fully saturated rings. The zero-order chi connectivity index (χ0) is 23.3. The van der Waals surface area contributed by atoms with Gasteiger partial charge in [0.15, 0.2) is 0 Å². The fourth-order valence-corrected chi connectivity index (χ4v) is 4.22. The number of anilines is 2. The Bertz CT molecular complexity index is 1210. The molecule has 0 unspecified atom stereocenters. The number of esters is 1.